The minimum absolute atomic E-state index is 0.615. The molecule has 2 aromatic carbocycles. The number of nitrogens with zero attached hydrogens (tertiary/aromatic N) is 3. The number of carbonyl (C=O) groups excluding carboxylic acids is 1. The van der Waals surface area contributed by atoms with E-state index in [4.69, 9.17) is 10.5 Å². The van der Waals surface area contributed by atoms with Gasteiger partial charge < -0.3 is 26.0 Å². The first-order valence-electron chi connectivity index (χ1n) is 9.77. The maximum atomic E-state index is 11.4. The lowest BCUT2D eigenvalue weighted by molar-refractivity contribution is 0.259. The van der Waals surface area contributed by atoms with Crippen LogP contribution in [0.15, 0.2) is 67.0 Å². The normalized spacial score (nSPS) is 10.7. The van der Waals surface area contributed by atoms with Gasteiger partial charge in [-0.3, -0.25) is 0 Å². The standard InChI is InChI=1S/C23H24N6O2/c1-15-19(27-23(24)30)14-29-22(15)21(20(13-25-29)28(2)3)26-16-9-11-18(12-10-16)31-17-7-5-4-6-8-17/h4-14,26H,1-3H3,(H3,24,27,30). The summed E-state index contributed by atoms with van der Waals surface area (Å²) in [5.74, 6) is 1.53. The van der Waals surface area contributed by atoms with Crippen molar-refractivity contribution in [1.82, 2.24) is 9.61 Å². The molecule has 0 fully saturated rings. The highest BCUT2D eigenvalue weighted by molar-refractivity contribution is 5.96. The smallest absolute Gasteiger partial charge is 0.316 e. The van der Waals surface area contributed by atoms with Gasteiger partial charge in [-0.2, -0.15) is 5.10 Å². The molecule has 0 atom stereocenters. The fraction of sp³-hybridized carbons (Fsp3) is 0.130. The van der Waals surface area contributed by atoms with Crippen molar-refractivity contribution in [2.45, 2.75) is 6.92 Å². The van der Waals surface area contributed by atoms with Crippen LogP contribution in [-0.4, -0.2) is 29.7 Å². The highest BCUT2D eigenvalue weighted by Gasteiger charge is 2.17. The molecule has 0 aliphatic heterocycles. The molecule has 31 heavy (non-hydrogen) atoms. The van der Waals surface area contributed by atoms with E-state index in [9.17, 15) is 4.79 Å². The van der Waals surface area contributed by atoms with Crippen molar-refractivity contribution in [1.29, 1.82) is 0 Å². The van der Waals surface area contributed by atoms with E-state index in [0.717, 1.165) is 39.6 Å². The molecule has 0 saturated carbocycles. The van der Waals surface area contributed by atoms with Crippen LogP contribution in [0.2, 0.25) is 0 Å². The van der Waals surface area contributed by atoms with Crippen molar-refractivity contribution >= 4 is 34.3 Å². The van der Waals surface area contributed by atoms with Gasteiger partial charge in [0.1, 0.15) is 11.5 Å². The number of benzene rings is 2. The summed E-state index contributed by atoms with van der Waals surface area (Å²) in [7, 11) is 3.91. The van der Waals surface area contributed by atoms with Gasteiger partial charge in [0.25, 0.3) is 0 Å². The number of para-hydroxylation sites is 1. The lowest BCUT2D eigenvalue weighted by Gasteiger charge is -2.20. The number of aromatic nitrogens is 2. The van der Waals surface area contributed by atoms with Crippen LogP contribution in [0, 0.1) is 6.92 Å². The average Bonchev–Trinajstić information content (AvgIpc) is 3.05. The second-order valence-corrected chi connectivity index (χ2v) is 7.31. The molecule has 2 amide bonds. The topological polar surface area (TPSA) is 96.9 Å². The molecular formula is C23H24N6O2. The molecule has 4 rings (SSSR count). The van der Waals surface area contributed by atoms with Gasteiger partial charge in [0, 0.05) is 25.3 Å². The third-order valence-corrected chi connectivity index (χ3v) is 4.88. The largest absolute Gasteiger partial charge is 0.457 e. The number of amides is 2. The molecule has 8 heteroatoms. The highest BCUT2D eigenvalue weighted by atomic mass is 16.5. The molecule has 0 saturated heterocycles. The molecule has 0 aliphatic rings. The number of fused-ring (bicyclic) bond motifs is 1. The predicted molar refractivity (Wildman–Crippen MR) is 124 cm³/mol. The molecular weight excluding hydrogens is 392 g/mol. The monoisotopic (exact) mass is 416 g/mol. The first-order valence-corrected chi connectivity index (χ1v) is 9.77. The Morgan fingerprint density at radius 3 is 2.39 bits per heavy atom. The number of anilines is 4. The molecule has 8 nitrogen and oxygen atoms in total. The van der Waals surface area contributed by atoms with Gasteiger partial charge >= 0.3 is 6.03 Å². The Bertz CT molecular complexity index is 1220. The number of ether oxygens (including phenoxy) is 1. The minimum Gasteiger partial charge on any atom is -0.457 e. The van der Waals surface area contributed by atoms with Crippen molar-refractivity contribution in [2.75, 3.05) is 29.6 Å². The second kappa shape index (κ2) is 8.27. The number of nitrogens with two attached hydrogens (primary N) is 1. The van der Waals surface area contributed by atoms with E-state index in [1.807, 2.05) is 80.5 Å². The Labute approximate surface area is 180 Å². The summed E-state index contributed by atoms with van der Waals surface area (Å²) in [5, 5.41) is 10.6. The zero-order valence-electron chi connectivity index (χ0n) is 17.6. The summed E-state index contributed by atoms with van der Waals surface area (Å²) in [6, 6.07) is 16.8. The Morgan fingerprint density at radius 1 is 1.06 bits per heavy atom. The Morgan fingerprint density at radius 2 is 1.74 bits per heavy atom. The Balaban J connectivity index is 1.68. The molecule has 0 unspecified atom stereocenters. The maximum Gasteiger partial charge on any atom is 0.316 e. The van der Waals surface area contributed by atoms with E-state index in [1.54, 1.807) is 16.9 Å². The summed E-state index contributed by atoms with van der Waals surface area (Å²) in [6.07, 6.45) is 3.52. The first kappa shape index (κ1) is 20.1. The molecule has 2 aromatic heterocycles. The van der Waals surface area contributed by atoms with E-state index in [2.05, 4.69) is 15.7 Å². The van der Waals surface area contributed by atoms with Gasteiger partial charge in [0.15, 0.2) is 0 Å². The molecule has 0 spiro atoms. The predicted octanol–water partition coefficient (Wildman–Crippen LogP) is 4.74. The van der Waals surface area contributed by atoms with Gasteiger partial charge in [0.2, 0.25) is 0 Å². The number of hydrogen-bond acceptors (Lipinski definition) is 5. The van der Waals surface area contributed by atoms with Crippen molar-refractivity contribution in [3.8, 4) is 11.5 Å². The zero-order valence-corrected chi connectivity index (χ0v) is 17.6. The minimum atomic E-state index is -0.615. The van der Waals surface area contributed by atoms with Crippen LogP contribution < -0.4 is 26.0 Å². The summed E-state index contributed by atoms with van der Waals surface area (Å²) < 4.78 is 7.60. The number of aryl methyl sites for hydroxylation is 1. The molecule has 2 heterocycles. The zero-order chi connectivity index (χ0) is 22.0. The van der Waals surface area contributed by atoms with Gasteiger partial charge in [-0.05, 0) is 43.3 Å². The number of hydrogen-bond donors (Lipinski definition) is 3. The van der Waals surface area contributed by atoms with E-state index >= 15 is 0 Å². The molecule has 4 N–H and O–H groups in total. The molecule has 4 aromatic rings. The fourth-order valence-corrected chi connectivity index (χ4v) is 3.38. The molecule has 0 aliphatic carbocycles. The van der Waals surface area contributed by atoms with Crippen LogP contribution in [0.1, 0.15) is 5.56 Å². The fourth-order valence-electron chi connectivity index (χ4n) is 3.38. The average molecular weight is 416 g/mol. The molecule has 0 bridgehead atoms. The third-order valence-electron chi connectivity index (χ3n) is 4.88. The quantitative estimate of drug-likeness (QED) is 0.422. The number of nitrogens with one attached hydrogen (secondary N) is 2. The number of rotatable bonds is 6. The van der Waals surface area contributed by atoms with Gasteiger partial charge in [-0.1, -0.05) is 18.2 Å². The lowest BCUT2D eigenvalue weighted by atomic mass is 10.2. The summed E-state index contributed by atoms with van der Waals surface area (Å²) >= 11 is 0. The van der Waals surface area contributed by atoms with Gasteiger partial charge in [-0.15, -0.1) is 0 Å². The van der Waals surface area contributed by atoms with Gasteiger partial charge in [-0.25, -0.2) is 9.31 Å². The number of carbonyl (C=O) groups is 1. The molecule has 0 radical (unpaired) electrons. The SMILES string of the molecule is Cc1c(NC(N)=O)cn2ncc(N(C)C)c(Nc3ccc(Oc4ccccc4)cc3)c12. The third kappa shape index (κ3) is 4.23. The summed E-state index contributed by atoms with van der Waals surface area (Å²) in [4.78, 5) is 13.3. The van der Waals surface area contributed by atoms with Crippen LogP contribution in [0.4, 0.5) is 27.5 Å². The van der Waals surface area contributed by atoms with Crippen LogP contribution >= 0.6 is 0 Å². The van der Waals surface area contributed by atoms with E-state index in [-0.39, 0.29) is 0 Å². The van der Waals surface area contributed by atoms with E-state index in [0.29, 0.717) is 5.69 Å². The lowest BCUT2D eigenvalue weighted by Crippen LogP contribution is -2.19. The van der Waals surface area contributed by atoms with E-state index < -0.39 is 6.03 Å². The van der Waals surface area contributed by atoms with Gasteiger partial charge in [0.05, 0.1) is 35.0 Å². The van der Waals surface area contributed by atoms with Crippen LogP contribution in [0.3, 0.4) is 0 Å². The summed E-state index contributed by atoms with van der Waals surface area (Å²) in [6.45, 7) is 1.92. The second-order valence-electron chi connectivity index (χ2n) is 7.31. The first-order chi connectivity index (χ1) is 14.9. The van der Waals surface area contributed by atoms with Crippen molar-refractivity contribution in [3.63, 3.8) is 0 Å². The Kier molecular flexibility index (Phi) is 5.36. The Hall–Kier alpha value is -4.20. The number of urea groups is 1. The van der Waals surface area contributed by atoms with Crippen molar-refractivity contribution in [2.24, 2.45) is 5.73 Å². The highest BCUT2D eigenvalue weighted by Crippen LogP contribution is 2.36. The van der Waals surface area contributed by atoms with Crippen molar-refractivity contribution in [3.05, 3.63) is 72.6 Å². The van der Waals surface area contributed by atoms with Crippen LogP contribution in [-0.2, 0) is 0 Å². The van der Waals surface area contributed by atoms with Crippen LogP contribution in [0.25, 0.3) is 5.52 Å². The molecule has 158 valence electrons. The van der Waals surface area contributed by atoms with Crippen LogP contribution in [0.5, 0.6) is 11.5 Å². The van der Waals surface area contributed by atoms with E-state index in [1.165, 1.54) is 0 Å². The summed E-state index contributed by atoms with van der Waals surface area (Å²) in [5.41, 5.74) is 10.3. The maximum absolute atomic E-state index is 11.4. The number of primary amides is 1. The van der Waals surface area contributed by atoms with Crippen molar-refractivity contribution < 1.29 is 9.53 Å².